The van der Waals surface area contributed by atoms with Crippen LogP contribution >= 0.6 is 0 Å². The zero-order chi connectivity index (χ0) is 40.4. The van der Waals surface area contributed by atoms with Gasteiger partial charge in [0.2, 0.25) is 0 Å². The van der Waals surface area contributed by atoms with Crippen molar-refractivity contribution in [2.24, 2.45) is 0 Å². The molecule has 5 aromatic rings. The molecule has 0 amide bonds. The van der Waals surface area contributed by atoms with Crippen LogP contribution in [0.3, 0.4) is 0 Å². The van der Waals surface area contributed by atoms with Gasteiger partial charge in [-0.3, -0.25) is 9.80 Å². The number of terminal acetylenes is 1. The maximum atomic E-state index is 17.4. The Balaban J connectivity index is 0.00000231. The molecular weight excluding hydrogens is 739 g/mol. The number of nitrogens with zero attached hydrogens (tertiary/aromatic N) is 6. The highest BCUT2D eigenvalue weighted by atomic mass is 19.1. The number of aromatic nitrogens is 3. The number of unbranched alkanes of at least 4 members (excludes halogenated alkanes) is 3. The Kier molecular flexibility index (Phi) is 11.8. The molecule has 7 heterocycles. The highest BCUT2D eigenvalue weighted by Gasteiger charge is 2.45. The van der Waals surface area contributed by atoms with E-state index in [9.17, 15) is 4.79 Å². The molecule has 3 fully saturated rings. The molecule has 0 N–H and O–H groups in total. The molecule has 0 spiro atoms. The molecule has 0 radical (unpaired) electrons. The van der Waals surface area contributed by atoms with Crippen molar-refractivity contribution >= 4 is 27.5 Å². The van der Waals surface area contributed by atoms with Crippen molar-refractivity contribution in [2.75, 3.05) is 44.2 Å². The van der Waals surface area contributed by atoms with Gasteiger partial charge in [-0.15, -0.1) is 6.42 Å². The minimum absolute atomic E-state index is 0.0511. The number of piperazine rings is 1. The number of halogens is 2. The SMILES string of the molecule is C#Cc1c(F)ccc2cccc(-c3nc4c5c(nc(OCC67CCCN6CCC7)nc5c3F)N3CCN(Cc5oc(=O)oc5CCCCCC)CC3CCC4)c12.CC. The third kappa shape index (κ3) is 7.48. The van der Waals surface area contributed by atoms with E-state index in [4.69, 9.17) is 34.9 Å². The predicted octanol–water partition coefficient (Wildman–Crippen LogP) is 8.83. The molecule has 1 unspecified atom stereocenters. The molecule has 10 nitrogen and oxygen atoms in total. The van der Waals surface area contributed by atoms with Crippen LogP contribution in [0, 0.1) is 24.0 Å². The monoisotopic (exact) mass is 792 g/mol. The van der Waals surface area contributed by atoms with E-state index >= 15 is 8.78 Å². The summed E-state index contributed by atoms with van der Waals surface area (Å²) in [7, 11) is 0. The van der Waals surface area contributed by atoms with Gasteiger partial charge in [-0.1, -0.05) is 70.2 Å². The lowest BCUT2D eigenvalue weighted by Gasteiger charge is -2.43. The van der Waals surface area contributed by atoms with Gasteiger partial charge in [0.1, 0.15) is 29.5 Å². The number of pyridine rings is 1. The lowest BCUT2D eigenvalue weighted by atomic mass is 9.94. The van der Waals surface area contributed by atoms with E-state index in [0.717, 1.165) is 77.3 Å². The molecule has 4 aliphatic rings. The predicted molar refractivity (Wildman–Crippen MR) is 222 cm³/mol. The molecule has 9 rings (SSSR count). The summed E-state index contributed by atoms with van der Waals surface area (Å²) in [6.45, 7) is 11.2. The van der Waals surface area contributed by atoms with Crippen molar-refractivity contribution in [3.63, 3.8) is 0 Å². The van der Waals surface area contributed by atoms with Gasteiger partial charge in [0, 0.05) is 43.0 Å². The van der Waals surface area contributed by atoms with Gasteiger partial charge in [-0.2, -0.15) is 9.97 Å². The van der Waals surface area contributed by atoms with Gasteiger partial charge in [0.05, 0.1) is 28.7 Å². The number of hydrogen-bond donors (Lipinski definition) is 0. The largest absolute Gasteiger partial charge is 0.519 e. The Bertz CT molecular complexity index is 2380. The van der Waals surface area contributed by atoms with Gasteiger partial charge in [-0.05, 0) is 75.9 Å². The average Bonchev–Trinajstić information content (AvgIpc) is 3.93. The molecule has 0 saturated carbocycles. The maximum absolute atomic E-state index is 17.4. The molecule has 12 heteroatoms. The molecule has 2 aromatic carbocycles. The number of rotatable bonds is 11. The molecule has 3 aromatic heterocycles. The van der Waals surface area contributed by atoms with E-state index in [-0.39, 0.29) is 34.4 Å². The van der Waals surface area contributed by atoms with E-state index in [0.29, 0.717) is 90.4 Å². The Hall–Kier alpha value is -4.86. The zero-order valence-corrected chi connectivity index (χ0v) is 34.0. The topological polar surface area (TPSA) is 101 Å². The van der Waals surface area contributed by atoms with Crippen molar-refractivity contribution < 1.29 is 22.4 Å². The summed E-state index contributed by atoms with van der Waals surface area (Å²) in [4.78, 5) is 34.2. The first kappa shape index (κ1) is 39.9. The third-order valence-corrected chi connectivity index (χ3v) is 12.6. The van der Waals surface area contributed by atoms with Gasteiger partial charge >= 0.3 is 11.8 Å². The first-order chi connectivity index (χ1) is 28.4. The summed E-state index contributed by atoms with van der Waals surface area (Å²) in [5, 5.41) is 1.72. The minimum atomic E-state index is -0.654. The molecule has 3 saturated heterocycles. The van der Waals surface area contributed by atoms with Gasteiger partial charge < -0.3 is 18.5 Å². The Morgan fingerprint density at radius 1 is 0.948 bits per heavy atom. The summed E-state index contributed by atoms with van der Waals surface area (Å²) in [5.74, 6) is 2.55. The van der Waals surface area contributed by atoms with Gasteiger partial charge in [0.15, 0.2) is 17.3 Å². The second kappa shape index (κ2) is 17.2. The zero-order valence-electron chi connectivity index (χ0n) is 34.0. The lowest BCUT2D eigenvalue weighted by Crippen LogP contribution is -2.53. The van der Waals surface area contributed by atoms with Gasteiger partial charge in [-0.25, -0.2) is 18.6 Å². The fraction of sp³-hybridized carbons (Fsp3) is 0.522. The van der Waals surface area contributed by atoms with E-state index in [1.807, 2.05) is 26.0 Å². The normalized spacial score (nSPS) is 19.0. The number of anilines is 1. The molecule has 58 heavy (non-hydrogen) atoms. The number of fused-ring (bicyclic) bond motifs is 4. The van der Waals surface area contributed by atoms with Crippen LogP contribution < -0.4 is 15.5 Å². The average molecular weight is 793 g/mol. The third-order valence-electron chi connectivity index (χ3n) is 12.6. The van der Waals surface area contributed by atoms with Crippen molar-refractivity contribution in [3.8, 4) is 29.6 Å². The van der Waals surface area contributed by atoms with Crippen molar-refractivity contribution in [1.29, 1.82) is 0 Å². The van der Waals surface area contributed by atoms with Crippen LogP contribution in [-0.4, -0.2) is 75.7 Å². The quantitative estimate of drug-likeness (QED) is 0.0953. The first-order valence-corrected chi connectivity index (χ1v) is 21.4. The van der Waals surface area contributed by atoms with Crippen LogP contribution in [0.25, 0.3) is 32.9 Å². The smallest absolute Gasteiger partial charge is 0.461 e. The molecule has 1 atom stereocenters. The molecular formula is C46H54F2N6O4. The summed E-state index contributed by atoms with van der Waals surface area (Å²) < 4.78 is 50.1. The van der Waals surface area contributed by atoms with Crippen LogP contribution in [-0.2, 0) is 19.4 Å². The van der Waals surface area contributed by atoms with Gasteiger partial charge in [0.25, 0.3) is 0 Å². The number of hydrogen-bond acceptors (Lipinski definition) is 10. The minimum Gasteiger partial charge on any atom is -0.461 e. The van der Waals surface area contributed by atoms with Crippen LogP contribution in [0.5, 0.6) is 6.01 Å². The van der Waals surface area contributed by atoms with E-state index in [1.165, 1.54) is 6.07 Å². The second-order valence-electron chi connectivity index (χ2n) is 16.0. The fourth-order valence-corrected chi connectivity index (χ4v) is 9.85. The standard InChI is InChI=1S/C44H48F2N6O4.C2H6/c1-3-5-6-7-16-34-35(56-43(53)55-34)26-50-23-24-52-29(25-50)13-9-15-33-37-40(48-42(49-41(37)52)54-27-44-19-10-21-51(44)22-11-20-44)38(46)39(47-33)31-14-8-12-28-17-18-32(45)30(4-2)36(28)31;1-2/h2,8,12,14,17-18,29H,3,5-7,9-11,13,15-16,19-27H2,1H3;1-2H3. The van der Waals surface area contributed by atoms with Crippen molar-refractivity contribution in [2.45, 2.75) is 116 Å². The van der Waals surface area contributed by atoms with E-state index in [1.54, 1.807) is 12.1 Å². The van der Waals surface area contributed by atoms with E-state index in [2.05, 4.69) is 27.5 Å². The molecule has 4 aliphatic heterocycles. The Morgan fingerprint density at radius 3 is 2.55 bits per heavy atom. The Labute approximate surface area is 339 Å². The fourth-order valence-electron chi connectivity index (χ4n) is 9.85. The highest BCUT2D eigenvalue weighted by molar-refractivity contribution is 6.02. The van der Waals surface area contributed by atoms with Crippen LogP contribution in [0.1, 0.15) is 108 Å². The molecule has 306 valence electrons. The summed E-state index contributed by atoms with van der Waals surface area (Å²) in [6.07, 6.45) is 17.4. The summed E-state index contributed by atoms with van der Waals surface area (Å²) in [5.41, 5.74) is 1.36. The number of benzene rings is 2. The number of aryl methyl sites for hydroxylation is 2. The van der Waals surface area contributed by atoms with Crippen LogP contribution in [0.4, 0.5) is 14.6 Å². The van der Waals surface area contributed by atoms with Crippen molar-refractivity contribution in [1.82, 2.24) is 24.8 Å². The summed E-state index contributed by atoms with van der Waals surface area (Å²) >= 11 is 0. The molecule has 0 aliphatic carbocycles. The lowest BCUT2D eigenvalue weighted by molar-refractivity contribution is 0.107. The first-order valence-electron chi connectivity index (χ1n) is 21.4. The van der Waals surface area contributed by atoms with E-state index < -0.39 is 17.5 Å². The molecule has 0 bridgehead atoms. The Morgan fingerprint density at radius 2 is 1.76 bits per heavy atom. The maximum Gasteiger partial charge on any atom is 0.519 e. The number of ether oxygens (including phenoxy) is 1. The van der Waals surface area contributed by atoms with Crippen molar-refractivity contribution in [3.05, 3.63) is 75.4 Å². The second-order valence-corrected chi connectivity index (χ2v) is 16.0. The van der Waals surface area contributed by atoms with Crippen LogP contribution in [0.2, 0.25) is 0 Å². The van der Waals surface area contributed by atoms with Crippen LogP contribution in [0.15, 0.2) is 44.0 Å². The highest BCUT2D eigenvalue weighted by Crippen LogP contribution is 2.42. The summed E-state index contributed by atoms with van der Waals surface area (Å²) in [6, 6.07) is 8.59.